The molecular weight excluding hydrogens is 190 g/mol. The molecule has 1 aliphatic carbocycles. The zero-order valence-electron chi connectivity index (χ0n) is 9.53. The first-order valence-electron chi connectivity index (χ1n) is 5.31. The van der Waals surface area contributed by atoms with E-state index in [1.54, 1.807) is 0 Å². The summed E-state index contributed by atoms with van der Waals surface area (Å²) in [5.41, 5.74) is 0.0702. The maximum atomic E-state index is 5.25. The van der Waals surface area contributed by atoms with Gasteiger partial charge in [0.1, 0.15) is 0 Å². The van der Waals surface area contributed by atoms with E-state index in [0.29, 0.717) is 17.8 Å². The highest BCUT2D eigenvalue weighted by molar-refractivity contribution is 5.26. The van der Waals surface area contributed by atoms with Gasteiger partial charge in [-0.25, -0.2) is 0 Å². The average molecular weight is 207 g/mol. The van der Waals surface area contributed by atoms with Crippen molar-refractivity contribution in [2.45, 2.75) is 45.6 Å². The summed E-state index contributed by atoms with van der Waals surface area (Å²) in [7, 11) is 0. The van der Waals surface area contributed by atoms with E-state index in [0.717, 1.165) is 18.7 Å². The molecule has 0 N–H and O–H groups in total. The number of hydrogen-bond donors (Lipinski definition) is 0. The predicted molar refractivity (Wildman–Crippen MR) is 58.1 cm³/mol. The molecule has 2 atom stereocenters. The lowest BCUT2D eigenvalue weighted by Gasteiger charge is -2.28. The third-order valence-corrected chi connectivity index (χ3v) is 3.55. The molecule has 0 aliphatic heterocycles. The molecule has 1 aromatic rings. The Hall–Kier alpha value is -1.19. The van der Waals surface area contributed by atoms with E-state index < -0.39 is 0 Å². The van der Waals surface area contributed by atoms with Gasteiger partial charge >= 0.3 is 0 Å². The average Bonchev–Trinajstić information content (AvgIpc) is 2.69. The molecule has 0 radical (unpaired) electrons. The molecule has 15 heavy (non-hydrogen) atoms. The van der Waals surface area contributed by atoms with Crippen molar-refractivity contribution in [3.63, 3.8) is 0 Å². The molecule has 0 bridgehead atoms. The van der Waals surface area contributed by atoms with Crippen LogP contribution in [-0.2, 0) is 0 Å². The van der Waals surface area contributed by atoms with Crippen molar-refractivity contribution in [3.05, 3.63) is 11.7 Å². The summed E-state index contributed by atoms with van der Waals surface area (Å²) in [5.74, 6) is 1.77. The number of nitrogens with zero attached hydrogens (tertiary/aromatic N) is 3. The van der Waals surface area contributed by atoms with Crippen molar-refractivity contribution in [2.24, 2.45) is 10.4 Å². The molecule has 2 rings (SSSR count). The Kier molecular flexibility index (Phi) is 2.37. The molecule has 4 nitrogen and oxygen atoms in total. The summed E-state index contributed by atoms with van der Waals surface area (Å²) in [5, 5.41) is 3.85. The first kappa shape index (κ1) is 10.3. The fourth-order valence-corrected chi connectivity index (χ4v) is 2.52. The first-order valence-corrected chi connectivity index (χ1v) is 5.31. The maximum absolute atomic E-state index is 5.25. The predicted octanol–water partition coefficient (Wildman–Crippen LogP) is 2.35. The second-order valence-electron chi connectivity index (χ2n) is 4.83. The van der Waals surface area contributed by atoms with E-state index in [4.69, 9.17) is 4.52 Å². The summed E-state index contributed by atoms with van der Waals surface area (Å²) < 4.78 is 5.25. The summed E-state index contributed by atoms with van der Waals surface area (Å²) >= 11 is 0. The van der Waals surface area contributed by atoms with E-state index in [9.17, 15) is 0 Å². The van der Waals surface area contributed by atoms with Crippen molar-refractivity contribution in [1.29, 1.82) is 0 Å². The molecule has 1 aromatic heterocycles. The lowest BCUT2D eigenvalue weighted by molar-refractivity contribution is 0.242. The molecule has 0 saturated heterocycles. The Morgan fingerprint density at radius 3 is 2.67 bits per heavy atom. The normalized spacial score (nSPS) is 29.3. The molecule has 1 heterocycles. The van der Waals surface area contributed by atoms with Crippen LogP contribution in [0, 0.1) is 12.3 Å². The Morgan fingerprint density at radius 2 is 2.20 bits per heavy atom. The van der Waals surface area contributed by atoms with Crippen LogP contribution < -0.4 is 0 Å². The number of rotatable bonds is 2. The largest absolute Gasteiger partial charge is 0.339 e. The molecule has 4 heteroatoms. The lowest BCUT2D eigenvalue weighted by Crippen LogP contribution is -2.26. The molecule has 0 spiro atoms. The van der Waals surface area contributed by atoms with Crippen LogP contribution >= 0.6 is 0 Å². The Balaban J connectivity index is 2.28. The minimum absolute atomic E-state index is 0.0702. The van der Waals surface area contributed by atoms with Crippen LogP contribution in [0.2, 0.25) is 0 Å². The monoisotopic (exact) mass is 207 g/mol. The van der Waals surface area contributed by atoms with Gasteiger partial charge < -0.3 is 4.52 Å². The second-order valence-corrected chi connectivity index (χ2v) is 4.83. The van der Waals surface area contributed by atoms with Crippen LogP contribution in [0.15, 0.2) is 9.52 Å². The summed E-state index contributed by atoms with van der Waals surface area (Å²) in [6.07, 6.45) is 2.11. The third kappa shape index (κ3) is 1.58. The van der Waals surface area contributed by atoms with Crippen LogP contribution in [-0.4, -0.2) is 22.9 Å². The quantitative estimate of drug-likeness (QED) is 0.699. The van der Waals surface area contributed by atoms with E-state index in [-0.39, 0.29) is 5.41 Å². The van der Waals surface area contributed by atoms with Gasteiger partial charge in [0.05, 0.1) is 6.04 Å². The van der Waals surface area contributed by atoms with Crippen molar-refractivity contribution in [3.8, 4) is 0 Å². The molecule has 0 aromatic carbocycles. The van der Waals surface area contributed by atoms with E-state index in [1.165, 1.54) is 0 Å². The van der Waals surface area contributed by atoms with E-state index in [1.807, 2.05) is 6.92 Å². The number of aryl methyl sites for hydroxylation is 1. The summed E-state index contributed by atoms with van der Waals surface area (Å²) in [6, 6.07) is 0.301. The Labute approximate surface area is 89.8 Å². The SMILES string of the molecule is C=N[C@@H]1CC[C@H](c2nc(C)no2)C1(C)C. The topological polar surface area (TPSA) is 51.3 Å². The first-order chi connectivity index (χ1) is 7.05. The number of aromatic nitrogens is 2. The van der Waals surface area contributed by atoms with Gasteiger partial charge in [0.25, 0.3) is 0 Å². The van der Waals surface area contributed by atoms with Crippen LogP contribution in [0.5, 0.6) is 0 Å². The molecule has 0 amide bonds. The molecule has 0 unspecified atom stereocenters. The maximum Gasteiger partial charge on any atom is 0.230 e. The molecular formula is C11H17N3O. The van der Waals surface area contributed by atoms with Crippen molar-refractivity contribution < 1.29 is 4.52 Å². The van der Waals surface area contributed by atoms with Gasteiger partial charge in [-0.1, -0.05) is 19.0 Å². The minimum atomic E-state index is 0.0702. The van der Waals surface area contributed by atoms with E-state index in [2.05, 4.69) is 35.7 Å². The Morgan fingerprint density at radius 1 is 1.47 bits per heavy atom. The Bertz CT molecular complexity index is 370. The van der Waals surface area contributed by atoms with Crippen molar-refractivity contribution >= 4 is 6.72 Å². The highest BCUT2D eigenvalue weighted by Crippen LogP contribution is 2.49. The molecule has 1 fully saturated rings. The second kappa shape index (κ2) is 3.43. The van der Waals surface area contributed by atoms with E-state index >= 15 is 0 Å². The highest BCUT2D eigenvalue weighted by Gasteiger charge is 2.46. The fraction of sp³-hybridized carbons (Fsp3) is 0.727. The minimum Gasteiger partial charge on any atom is -0.339 e. The van der Waals surface area contributed by atoms with Crippen LogP contribution in [0.4, 0.5) is 0 Å². The fourth-order valence-electron chi connectivity index (χ4n) is 2.52. The van der Waals surface area contributed by atoms with Gasteiger partial charge in [-0.2, -0.15) is 4.98 Å². The summed E-state index contributed by atoms with van der Waals surface area (Å²) in [4.78, 5) is 8.50. The van der Waals surface area contributed by atoms with Gasteiger partial charge in [0.15, 0.2) is 5.82 Å². The van der Waals surface area contributed by atoms with Gasteiger partial charge in [-0.3, -0.25) is 4.99 Å². The van der Waals surface area contributed by atoms with Crippen molar-refractivity contribution in [2.75, 3.05) is 0 Å². The zero-order valence-corrected chi connectivity index (χ0v) is 9.53. The number of hydrogen-bond acceptors (Lipinski definition) is 4. The van der Waals surface area contributed by atoms with Crippen molar-refractivity contribution in [1.82, 2.24) is 10.1 Å². The number of aliphatic imine (C=N–C) groups is 1. The van der Waals surface area contributed by atoms with Crippen LogP contribution in [0.25, 0.3) is 0 Å². The van der Waals surface area contributed by atoms with Gasteiger partial charge in [0.2, 0.25) is 5.89 Å². The van der Waals surface area contributed by atoms with Gasteiger partial charge in [-0.15, -0.1) is 0 Å². The van der Waals surface area contributed by atoms with Gasteiger partial charge in [-0.05, 0) is 31.9 Å². The molecule has 82 valence electrons. The van der Waals surface area contributed by atoms with Crippen LogP contribution in [0.1, 0.15) is 44.3 Å². The standard InChI is InChI=1S/C11H17N3O/c1-7-13-10(15-14-7)8-5-6-9(12-4)11(8,2)3/h8-9H,4-6H2,1-3H3/t8-,9-/m1/s1. The molecule has 1 saturated carbocycles. The third-order valence-electron chi connectivity index (χ3n) is 3.55. The lowest BCUT2D eigenvalue weighted by atomic mass is 9.79. The summed E-state index contributed by atoms with van der Waals surface area (Å²) in [6.45, 7) is 9.90. The zero-order chi connectivity index (χ0) is 11.1. The van der Waals surface area contributed by atoms with Gasteiger partial charge in [0, 0.05) is 5.92 Å². The van der Waals surface area contributed by atoms with Crippen LogP contribution in [0.3, 0.4) is 0 Å². The highest BCUT2D eigenvalue weighted by atomic mass is 16.5. The molecule has 1 aliphatic rings. The smallest absolute Gasteiger partial charge is 0.230 e.